The number of ether oxygens (including phenoxy) is 2. The largest absolute Gasteiger partial charge is 0.469 e. The molecule has 0 aromatic rings. The van der Waals surface area contributed by atoms with E-state index in [-0.39, 0.29) is 75.3 Å². The van der Waals surface area contributed by atoms with Crippen LogP contribution >= 0.6 is 0 Å². The average Bonchev–Trinajstić information content (AvgIpc) is 3.86. The number of alkyl halides is 2. The first-order chi connectivity index (χ1) is 33.6. The van der Waals surface area contributed by atoms with Gasteiger partial charge in [0.1, 0.15) is 6.17 Å². The lowest BCUT2D eigenvalue weighted by Crippen LogP contribution is -2.66. The molecule has 0 aromatic heterocycles. The number of Topliss-reactive ketones (excluding diaryl/α,β-unsaturated/α-hetero) is 1. The molecule has 23 atom stereocenters. The summed E-state index contributed by atoms with van der Waals surface area (Å²) in [5.41, 5.74) is 0.258. The lowest BCUT2D eigenvalue weighted by molar-refractivity contribution is -0.218. The highest BCUT2D eigenvalue weighted by molar-refractivity contribution is 6.70. The number of hydrogen-bond donors (Lipinski definition) is 1. The maximum Gasteiger partial charge on any atom is 0.305 e. The monoisotopic (exact) mass is 1050 g/mol. The molecular formula is C60H104F2O8Si2. The number of rotatable bonds is 14. The van der Waals surface area contributed by atoms with Crippen molar-refractivity contribution >= 4 is 34.4 Å². The van der Waals surface area contributed by atoms with Gasteiger partial charge in [-0.2, -0.15) is 0 Å². The van der Waals surface area contributed by atoms with E-state index in [4.69, 9.17) is 18.3 Å². The lowest BCUT2D eigenvalue weighted by Gasteiger charge is -2.66. The van der Waals surface area contributed by atoms with Gasteiger partial charge in [-0.05, 0) is 215 Å². The van der Waals surface area contributed by atoms with Gasteiger partial charge in [-0.25, -0.2) is 8.78 Å². The molecule has 8 fully saturated rings. The maximum absolute atomic E-state index is 15.9. The summed E-state index contributed by atoms with van der Waals surface area (Å²) < 4.78 is 55.8. The smallest absolute Gasteiger partial charge is 0.305 e. The molecule has 8 aliphatic carbocycles. The number of carbonyl (C=O) groups is 3. The first kappa shape index (κ1) is 58.5. The molecule has 1 N–H and O–H groups in total. The predicted molar refractivity (Wildman–Crippen MR) is 288 cm³/mol. The summed E-state index contributed by atoms with van der Waals surface area (Å²) in [4.78, 5) is 36.4. The molecule has 8 saturated carbocycles. The summed E-state index contributed by atoms with van der Waals surface area (Å²) in [6.07, 6.45) is 13.5. The second-order valence-electron chi connectivity index (χ2n) is 28.7. The average molecular weight is 1050 g/mol. The van der Waals surface area contributed by atoms with Crippen LogP contribution < -0.4 is 0 Å². The number of ketones is 1. The molecule has 0 heterocycles. The number of hydrogen-bond acceptors (Lipinski definition) is 8. The number of esters is 2. The molecule has 0 bridgehead atoms. The van der Waals surface area contributed by atoms with E-state index in [1.165, 1.54) is 46.3 Å². The van der Waals surface area contributed by atoms with Gasteiger partial charge < -0.3 is 23.4 Å². The van der Waals surface area contributed by atoms with Crippen molar-refractivity contribution in [2.75, 3.05) is 14.2 Å². The Balaban J connectivity index is 0.000000211. The Kier molecular flexibility index (Phi) is 17.8. The van der Waals surface area contributed by atoms with Crippen LogP contribution in [0.25, 0.3) is 0 Å². The fourth-order valence-corrected chi connectivity index (χ4v) is 22.4. The van der Waals surface area contributed by atoms with Crippen molar-refractivity contribution in [3.63, 3.8) is 0 Å². The minimum atomic E-state index is -1.89. The summed E-state index contributed by atoms with van der Waals surface area (Å²) in [6.45, 7) is 32.4. The van der Waals surface area contributed by atoms with Crippen LogP contribution in [0.3, 0.4) is 0 Å². The molecule has 0 amide bonds. The predicted octanol–water partition coefficient (Wildman–Crippen LogP) is 14.2. The summed E-state index contributed by atoms with van der Waals surface area (Å²) in [6, 6.07) is 0. The quantitative estimate of drug-likeness (QED) is 0.135. The van der Waals surface area contributed by atoms with Crippen molar-refractivity contribution < 1.29 is 46.6 Å². The Morgan fingerprint density at radius 1 is 0.611 bits per heavy atom. The van der Waals surface area contributed by atoms with E-state index in [1.54, 1.807) is 0 Å². The molecular weight excluding hydrogens is 943 g/mol. The summed E-state index contributed by atoms with van der Waals surface area (Å²) in [5, 5.41) is 10.6. The second-order valence-corrected chi connectivity index (χ2v) is 37.7. The molecule has 72 heavy (non-hydrogen) atoms. The van der Waals surface area contributed by atoms with E-state index in [1.807, 2.05) is 0 Å². The van der Waals surface area contributed by atoms with Gasteiger partial charge in [0, 0.05) is 31.1 Å². The zero-order valence-corrected chi connectivity index (χ0v) is 50.3. The third-order valence-corrected chi connectivity index (χ3v) is 25.1. The van der Waals surface area contributed by atoms with Crippen LogP contribution in [0, 0.1) is 105 Å². The summed E-state index contributed by atoms with van der Waals surface area (Å²) in [5.74, 6) is 4.59. The second kappa shape index (κ2) is 21.9. The number of methoxy groups -OCH3 is 2. The molecule has 414 valence electrons. The Hall–Kier alpha value is -1.22. The number of halogens is 2. The van der Waals surface area contributed by atoms with Crippen LogP contribution in [-0.4, -0.2) is 84.3 Å². The topological polar surface area (TPSA) is 108 Å². The van der Waals surface area contributed by atoms with Crippen molar-refractivity contribution in [1.82, 2.24) is 0 Å². The van der Waals surface area contributed by atoms with Gasteiger partial charge in [0.2, 0.25) is 0 Å². The molecule has 8 aliphatic rings. The van der Waals surface area contributed by atoms with Crippen LogP contribution in [0.1, 0.15) is 171 Å². The summed E-state index contributed by atoms with van der Waals surface area (Å²) in [7, 11) is -0.813. The van der Waals surface area contributed by atoms with Crippen LogP contribution in [-0.2, 0) is 32.7 Å². The van der Waals surface area contributed by atoms with E-state index in [9.17, 15) is 19.5 Å². The van der Waals surface area contributed by atoms with Crippen LogP contribution in [0.4, 0.5) is 8.78 Å². The van der Waals surface area contributed by atoms with Crippen LogP contribution in [0.15, 0.2) is 0 Å². The standard InChI is InChI=1S/C30H53FO4Si.C30H51FO4Si/c2*1-9-19-26-27(31)23(32)15-17-30(26,4)22-14-16-29(3)20(18(2)10-13-24(33)34-5)11-12-21(29)25(22)28(19)35-36(6,7)8/h18-23,25-28,32H,9-17H2,1-8H3;18-22,25-28H,9-17H2,1-8H3/t18-,19-,20?,21?,22?,23-,25?,26-,27+,28-,29-,30-;18-,19-,20?,21?,22?,25?,26-,27+,28-,29-,30-/m11/s1. The van der Waals surface area contributed by atoms with E-state index in [0.717, 1.165) is 57.8 Å². The fourth-order valence-electron chi connectivity index (χ4n) is 20.1. The number of carbonyl (C=O) groups excluding carboxylic acids is 3. The van der Waals surface area contributed by atoms with Crippen molar-refractivity contribution in [3.8, 4) is 0 Å². The van der Waals surface area contributed by atoms with Crippen LogP contribution in [0.5, 0.6) is 0 Å². The SMILES string of the molecule is CC[C@@H]1[C@@H]2[C@@H](F)C(=O)CC[C@]2(C)C2CC[C@@]3(C)C(CCC3[C@H](C)CCC(=O)OC)C2[C@@H]1O[Si](C)(C)C.CC[C@@H]1[C@@H]2[C@@H](F)[C@H](O)CC[C@]2(C)C2CC[C@@]3(C)C(CCC3[C@H](C)CCC(=O)OC)C2[C@@H]1O[Si](C)(C)C. The van der Waals surface area contributed by atoms with Gasteiger partial charge in [0.15, 0.2) is 28.6 Å². The van der Waals surface area contributed by atoms with Gasteiger partial charge in [0.05, 0.1) is 32.5 Å². The Bertz CT molecular complexity index is 1910. The van der Waals surface area contributed by atoms with Gasteiger partial charge >= 0.3 is 11.9 Å². The summed E-state index contributed by atoms with van der Waals surface area (Å²) >= 11 is 0. The van der Waals surface area contributed by atoms with Crippen molar-refractivity contribution in [2.45, 2.75) is 241 Å². The lowest BCUT2D eigenvalue weighted by atomic mass is 9.41. The molecule has 12 heteroatoms. The van der Waals surface area contributed by atoms with Crippen molar-refractivity contribution in [1.29, 1.82) is 0 Å². The molecule has 8 unspecified atom stereocenters. The van der Waals surface area contributed by atoms with E-state index < -0.39 is 35.1 Å². The molecule has 0 radical (unpaired) electrons. The zero-order valence-electron chi connectivity index (χ0n) is 48.3. The third-order valence-electron chi connectivity index (χ3n) is 23.1. The van der Waals surface area contributed by atoms with Gasteiger partial charge in [-0.15, -0.1) is 0 Å². The third kappa shape index (κ3) is 10.6. The molecule has 0 aliphatic heterocycles. The van der Waals surface area contributed by atoms with E-state index >= 15 is 8.78 Å². The highest BCUT2D eigenvalue weighted by Crippen LogP contribution is 2.72. The Morgan fingerprint density at radius 2 is 1.00 bits per heavy atom. The van der Waals surface area contributed by atoms with E-state index in [2.05, 4.69) is 94.7 Å². The highest BCUT2D eigenvalue weighted by Gasteiger charge is 2.69. The van der Waals surface area contributed by atoms with E-state index in [0.29, 0.717) is 84.9 Å². The minimum absolute atomic E-state index is 0.0441. The maximum atomic E-state index is 15.9. The fraction of sp³-hybridized carbons (Fsp3) is 0.950. The minimum Gasteiger partial charge on any atom is -0.469 e. The molecule has 8 rings (SSSR count). The Morgan fingerprint density at radius 3 is 1.40 bits per heavy atom. The normalized spacial score (nSPS) is 46.4. The molecule has 0 aromatic carbocycles. The number of aliphatic hydroxyl groups is 1. The highest BCUT2D eigenvalue weighted by atomic mass is 28.4. The van der Waals surface area contributed by atoms with Crippen LogP contribution in [0.2, 0.25) is 39.3 Å². The van der Waals surface area contributed by atoms with Crippen molar-refractivity contribution in [2.24, 2.45) is 105 Å². The Labute approximate surface area is 438 Å². The molecule has 8 nitrogen and oxygen atoms in total. The van der Waals surface area contributed by atoms with Gasteiger partial charge in [-0.3, -0.25) is 14.4 Å². The first-order valence-corrected chi connectivity index (χ1v) is 36.4. The number of aliphatic hydroxyl groups excluding tert-OH is 1. The van der Waals surface area contributed by atoms with Gasteiger partial charge in [-0.1, -0.05) is 68.2 Å². The van der Waals surface area contributed by atoms with Gasteiger partial charge in [0.25, 0.3) is 0 Å². The van der Waals surface area contributed by atoms with Crippen molar-refractivity contribution in [3.05, 3.63) is 0 Å². The zero-order chi connectivity index (χ0) is 53.3. The number of fused-ring (bicyclic) bond motifs is 10. The molecule has 0 saturated heterocycles. The molecule has 0 spiro atoms. The first-order valence-electron chi connectivity index (χ1n) is 29.5.